The lowest BCUT2D eigenvalue weighted by Crippen LogP contribution is -2.69. The normalized spacial score (nSPS) is 33.4. The number of piperidine rings is 1. The van der Waals surface area contributed by atoms with Gasteiger partial charge >= 0.3 is 0 Å². The minimum absolute atomic E-state index is 0.0288. The van der Waals surface area contributed by atoms with Gasteiger partial charge in [-0.3, -0.25) is 14.7 Å². The highest BCUT2D eigenvalue weighted by atomic mass is 16.5. The number of aromatic nitrogens is 1. The molecule has 0 unspecified atom stereocenters. The number of hydrogen-bond acceptors (Lipinski definition) is 6. The summed E-state index contributed by atoms with van der Waals surface area (Å²) in [6, 6.07) is 5.87. The molecule has 7 heteroatoms. The monoisotopic (exact) mass is 375 g/mol. The second-order valence-electron chi connectivity index (χ2n) is 8.09. The van der Waals surface area contributed by atoms with Crippen molar-refractivity contribution in [3.8, 4) is 0 Å². The van der Waals surface area contributed by atoms with Crippen LogP contribution in [-0.4, -0.2) is 84.0 Å². The van der Waals surface area contributed by atoms with Gasteiger partial charge in [0.05, 0.1) is 31.1 Å². The van der Waals surface area contributed by atoms with Gasteiger partial charge in [-0.1, -0.05) is 6.07 Å². The molecule has 1 amide bonds. The molecule has 1 N–H and O–H groups in total. The van der Waals surface area contributed by atoms with Crippen LogP contribution in [0.4, 0.5) is 0 Å². The van der Waals surface area contributed by atoms with Crippen molar-refractivity contribution < 1.29 is 19.4 Å². The molecule has 7 nitrogen and oxygen atoms in total. The van der Waals surface area contributed by atoms with Gasteiger partial charge in [-0.2, -0.15) is 0 Å². The molecular weight excluding hydrogens is 346 g/mol. The van der Waals surface area contributed by atoms with Crippen LogP contribution < -0.4 is 0 Å². The van der Waals surface area contributed by atoms with Gasteiger partial charge in [-0.25, -0.2) is 0 Å². The number of hydrogen-bond donors (Lipinski definition) is 1. The lowest BCUT2D eigenvalue weighted by atomic mass is 9.66. The number of likely N-dealkylation sites (tertiary alicyclic amines) is 1. The Kier molecular flexibility index (Phi) is 5.45. The lowest BCUT2D eigenvalue weighted by molar-refractivity contribution is -0.219. The summed E-state index contributed by atoms with van der Waals surface area (Å²) >= 11 is 0. The van der Waals surface area contributed by atoms with Crippen LogP contribution in [0.1, 0.15) is 18.5 Å². The van der Waals surface area contributed by atoms with E-state index in [1.807, 2.05) is 35.0 Å². The third-order valence-electron chi connectivity index (χ3n) is 6.34. The van der Waals surface area contributed by atoms with Crippen molar-refractivity contribution in [2.24, 2.45) is 11.8 Å². The molecule has 3 aliphatic rings. The number of pyridine rings is 1. The summed E-state index contributed by atoms with van der Waals surface area (Å²) in [5.74, 6) is 0.0381. The number of rotatable bonds is 4. The minimum atomic E-state index is -0.778. The van der Waals surface area contributed by atoms with Crippen molar-refractivity contribution in [1.29, 1.82) is 0 Å². The van der Waals surface area contributed by atoms with Crippen molar-refractivity contribution in [2.75, 3.05) is 46.6 Å². The Bertz CT molecular complexity index is 658. The maximum atomic E-state index is 13.1. The van der Waals surface area contributed by atoms with Gasteiger partial charge < -0.3 is 19.5 Å². The predicted molar refractivity (Wildman–Crippen MR) is 98.9 cm³/mol. The Morgan fingerprint density at radius 2 is 2.22 bits per heavy atom. The van der Waals surface area contributed by atoms with Gasteiger partial charge in [-0.15, -0.1) is 0 Å². The maximum Gasteiger partial charge on any atom is 0.237 e. The highest BCUT2D eigenvalue weighted by Gasteiger charge is 2.56. The molecule has 4 atom stereocenters. The Hall–Kier alpha value is -1.54. The second kappa shape index (κ2) is 7.83. The van der Waals surface area contributed by atoms with E-state index in [1.54, 1.807) is 6.20 Å². The molecule has 0 aliphatic carbocycles. The topological polar surface area (TPSA) is 75.1 Å². The summed E-state index contributed by atoms with van der Waals surface area (Å²) in [7, 11) is 1.94. The zero-order valence-electron chi connectivity index (χ0n) is 15.9. The first-order valence-electron chi connectivity index (χ1n) is 9.83. The summed E-state index contributed by atoms with van der Waals surface area (Å²) < 4.78 is 11.3. The van der Waals surface area contributed by atoms with Crippen LogP contribution in [0.3, 0.4) is 0 Å². The highest BCUT2D eigenvalue weighted by molar-refractivity contribution is 5.79. The number of amides is 1. The molecule has 1 aromatic heterocycles. The second-order valence-corrected chi connectivity index (χ2v) is 8.09. The molecule has 0 radical (unpaired) electrons. The van der Waals surface area contributed by atoms with Crippen LogP contribution in [0.5, 0.6) is 0 Å². The van der Waals surface area contributed by atoms with Gasteiger partial charge in [0.15, 0.2) is 0 Å². The smallest absolute Gasteiger partial charge is 0.237 e. The number of carbonyl (C=O) groups excluding carboxylic acids is 1. The number of fused-ring (bicyclic) bond motifs is 3. The molecule has 148 valence electrons. The third kappa shape index (κ3) is 3.74. The first-order chi connectivity index (χ1) is 13.1. The molecule has 0 bridgehead atoms. The van der Waals surface area contributed by atoms with E-state index in [-0.39, 0.29) is 23.8 Å². The number of carbonyl (C=O) groups is 1. The Balaban J connectivity index is 1.46. The van der Waals surface area contributed by atoms with Crippen molar-refractivity contribution >= 4 is 5.91 Å². The molecule has 3 fully saturated rings. The SMILES string of the molecule is CN(CC(=O)N1C[C@H]2COCC[C@@]2(O)[C@@H]2COCC[C@@H]21)Cc1ccccn1. The van der Waals surface area contributed by atoms with E-state index in [1.165, 1.54) is 0 Å². The lowest BCUT2D eigenvalue weighted by Gasteiger charge is -2.57. The minimum Gasteiger partial charge on any atom is -0.389 e. The van der Waals surface area contributed by atoms with Gasteiger partial charge in [0.1, 0.15) is 0 Å². The van der Waals surface area contributed by atoms with Gasteiger partial charge in [-0.05, 0) is 25.6 Å². The highest BCUT2D eigenvalue weighted by Crippen LogP contribution is 2.44. The number of aliphatic hydroxyl groups is 1. The molecule has 3 aliphatic heterocycles. The van der Waals surface area contributed by atoms with Crippen molar-refractivity contribution in [1.82, 2.24) is 14.8 Å². The van der Waals surface area contributed by atoms with E-state index >= 15 is 0 Å². The molecule has 27 heavy (non-hydrogen) atoms. The fourth-order valence-corrected chi connectivity index (χ4v) is 4.89. The van der Waals surface area contributed by atoms with E-state index in [2.05, 4.69) is 4.98 Å². The van der Waals surface area contributed by atoms with Gasteiger partial charge in [0.25, 0.3) is 0 Å². The summed E-state index contributed by atoms with van der Waals surface area (Å²) in [5.41, 5.74) is 0.172. The van der Waals surface area contributed by atoms with Crippen molar-refractivity contribution in [2.45, 2.75) is 31.0 Å². The Morgan fingerprint density at radius 3 is 3.04 bits per heavy atom. The number of likely N-dealkylation sites (N-methyl/N-ethyl adjacent to an activating group) is 1. The van der Waals surface area contributed by atoms with Crippen LogP contribution in [0.25, 0.3) is 0 Å². The van der Waals surface area contributed by atoms with Crippen LogP contribution in [0, 0.1) is 11.8 Å². The van der Waals surface area contributed by atoms with Crippen LogP contribution >= 0.6 is 0 Å². The quantitative estimate of drug-likeness (QED) is 0.827. The Labute approximate surface area is 160 Å². The zero-order valence-corrected chi connectivity index (χ0v) is 15.9. The van der Waals surface area contributed by atoms with Gasteiger partial charge in [0, 0.05) is 56.8 Å². The summed E-state index contributed by atoms with van der Waals surface area (Å²) in [6.07, 6.45) is 3.19. The largest absolute Gasteiger partial charge is 0.389 e. The van der Waals surface area contributed by atoms with Crippen LogP contribution in [0.15, 0.2) is 24.4 Å². The van der Waals surface area contributed by atoms with E-state index in [0.29, 0.717) is 52.5 Å². The molecule has 4 heterocycles. The van der Waals surface area contributed by atoms with Crippen molar-refractivity contribution in [3.05, 3.63) is 30.1 Å². The van der Waals surface area contributed by atoms with Crippen LogP contribution in [0.2, 0.25) is 0 Å². The number of nitrogens with zero attached hydrogens (tertiary/aromatic N) is 3. The summed E-state index contributed by atoms with van der Waals surface area (Å²) in [5, 5.41) is 11.3. The fraction of sp³-hybridized carbons (Fsp3) is 0.700. The molecule has 0 aromatic carbocycles. The van der Waals surface area contributed by atoms with E-state index in [4.69, 9.17) is 9.47 Å². The number of ether oxygens (including phenoxy) is 2. The molecule has 0 saturated carbocycles. The Morgan fingerprint density at radius 1 is 1.37 bits per heavy atom. The molecule has 3 saturated heterocycles. The molecule has 0 spiro atoms. The average Bonchev–Trinajstić information content (AvgIpc) is 2.68. The summed E-state index contributed by atoms with van der Waals surface area (Å²) in [6.45, 7) is 3.79. The van der Waals surface area contributed by atoms with E-state index in [0.717, 1.165) is 12.1 Å². The molecule has 4 rings (SSSR count). The fourth-order valence-electron chi connectivity index (χ4n) is 4.89. The van der Waals surface area contributed by atoms with Crippen molar-refractivity contribution in [3.63, 3.8) is 0 Å². The third-order valence-corrected chi connectivity index (χ3v) is 6.34. The standard InChI is InChI=1S/C20H29N3O4/c1-22(11-16-4-2-3-7-21-16)12-19(24)23-10-15-13-27-9-6-20(15,25)17-14-26-8-5-18(17)23/h2-4,7,15,17-18,25H,5-6,8-14H2,1H3/t15-,17+,18-,20-/m0/s1. The van der Waals surface area contributed by atoms with Crippen LogP contribution in [-0.2, 0) is 20.8 Å². The summed E-state index contributed by atoms with van der Waals surface area (Å²) in [4.78, 5) is 21.4. The molecular formula is C20H29N3O4. The average molecular weight is 375 g/mol. The van der Waals surface area contributed by atoms with Gasteiger partial charge in [0.2, 0.25) is 5.91 Å². The van der Waals surface area contributed by atoms with E-state index in [9.17, 15) is 9.90 Å². The maximum absolute atomic E-state index is 13.1. The zero-order chi connectivity index (χ0) is 18.9. The molecule has 1 aromatic rings. The van der Waals surface area contributed by atoms with E-state index < -0.39 is 5.60 Å². The first-order valence-corrected chi connectivity index (χ1v) is 9.83. The predicted octanol–water partition coefficient (Wildman–Crippen LogP) is 0.528. The first kappa shape index (κ1) is 18.8.